The molecule has 1 atom stereocenters. The van der Waals surface area contributed by atoms with Gasteiger partial charge in [-0.25, -0.2) is 0 Å². The lowest BCUT2D eigenvalue weighted by molar-refractivity contribution is -0.109. The molecule has 1 N–H and O–H groups in total. The van der Waals surface area contributed by atoms with Crippen molar-refractivity contribution in [3.63, 3.8) is 0 Å². The fourth-order valence-electron chi connectivity index (χ4n) is 3.07. The lowest BCUT2D eigenvalue weighted by Crippen LogP contribution is -2.33. The van der Waals surface area contributed by atoms with Crippen molar-refractivity contribution < 1.29 is 9.47 Å². The van der Waals surface area contributed by atoms with Crippen molar-refractivity contribution in [3.05, 3.63) is 53.6 Å². The van der Waals surface area contributed by atoms with Crippen LogP contribution in [-0.2, 0) is 15.9 Å². The molecule has 1 aliphatic rings. The van der Waals surface area contributed by atoms with Crippen LogP contribution in [0.15, 0.2) is 42.5 Å². The van der Waals surface area contributed by atoms with E-state index in [-0.39, 0.29) is 12.3 Å². The molecule has 0 amide bonds. The summed E-state index contributed by atoms with van der Waals surface area (Å²) in [5, 5.41) is 3.45. The van der Waals surface area contributed by atoms with Crippen LogP contribution in [-0.4, -0.2) is 26.6 Å². The molecule has 0 saturated heterocycles. The lowest BCUT2D eigenvalue weighted by atomic mass is 10.1. The highest BCUT2D eigenvalue weighted by Crippen LogP contribution is 2.37. The van der Waals surface area contributed by atoms with E-state index in [9.17, 15) is 0 Å². The molecule has 3 rings (SSSR count). The quantitative estimate of drug-likeness (QED) is 0.725. The summed E-state index contributed by atoms with van der Waals surface area (Å²) in [4.78, 5) is 0. The number of anilines is 1. The summed E-state index contributed by atoms with van der Waals surface area (Å²) in [6.45, 7) is 2.06. The Labute approximate surface area is 125 Å². The van der Waals surface area contributed by atoms with E-state index in [4.69, 9.17) is 9.47 Å². The molecular weight excluding hydrogens is 262 g/mol. The van der Waals surface area contributed by atoms with Gasteiger partial charge >= 0.3 is 0 Å². The first-order valence-corrected chi connectivity index (χ1v) is 7.26. The Morgan fingerprint density at radius 2 is 1.67 bits per heavy atom. The number of hydrogen-bond donors (Lipinski definition) is 1. The number of methoxy groups -OCH3 is 2. The minimum atomic E-state index is -0.254. The number of fused-ring (bicyclic) bond motifs is 3. The maximum atomic E-state index is 5.29. The largest absolute Gasteiger partial charge is 0.377 e. The van der Waals surface area contributed by atoms with Gasteiger partial charge in [0.15, 0.2) is 6.29 Å². The highest BCUT2D eigenvalue weighted by Gasteiger charge is 2.19. The third kappa shape index (κ3) is 2.67. The highest BCUT2D eigenvalue weighted by atomic mass is 16.7. The van der Waals surface area contributed by atoms with Crippen molar-refractivity contribution in [2.75, 3.05) is 19.5 Å². The number of hydrogen-bond acceptors (Lipinski definition) is 3. The molecule has 3 heteroatoms. The predicted octanol–water partition coefficient (Wildman–Crippen LogP) is 3.68. The van der Waals surface area contributed by atoms with Crippen LogP contribution in [0, 0.1) is 0 Å². The summed E-state index contributed by atoms with van der Waals surface area (Å²) in [6, 6.07) is 15.2. The van der Waals surface area contributed by atoms with Gasteiger partial charge in [-0.3, -0.25) is 0 Å². The maximum Gasteiger partial charge on any atom is 0.176 e. The van der Waals surface area contributed by atoms with Gasteiger partial charge in [0.25, 0.3) is 0 Å². The van der Waals surface area contributed by atoms with Gasteiger partial charge in [0.1, 0.15) is 0 Å². The van der Waals surface area contributed by atoms with Gasteiger partial charge in [-0.2, -0.15) is 0 Å². The monoisotopic (exact) mass is 283 g/mol. The number of rotatable bonds is 5. The number of ether oxygens (including phenoxy) is 2. The third-order valence-electron chi connectivity index (χ3n) is 4.06. The Bertz CT molecular complexity index is 635. The first kappa shape index (κ1) is 14.1. The van der Waals surface area contributed by atoms with E-state index in [1.165, 1.54) is 22.3 Å². The Balaban J connectivity index is 1.81. The van der Waals surface area contributed by atoms with Crippen molar-refractivity contribution in [2.24, 2.45) is 0 Å². The van der Waals surface area contributed by atoms with Crippen LogP contribution < -0.4 is 5.32 Å². The van der Waals surface area contributed by atoms with E-state index >= 15 is 0 Å². The van der Waals surface area contributed by atoms with Gasteiger partial charge in [0, 0.05) is 19.9 Å². The van der Waals surface area contributed by atoms with Crippen molar-refractivity contribution in [1.82, 2.24) is 0 Å². The molecule has 0 bridgehead atoms. The molecule has 0 saturated carbocycles. The summed E-state index contributed by atoms with van der Waals surface area (Å²) >= 11 is 0. The Kier molecular flexibility index (Phi) is 3.95. The highest BCUT2D eigenvalue weighted by molar-refractivity contribution is 5.78. The van der Waals surface area contributed by atoms with Gasteiger partial charge in [-0.15, -0.1) is 0 Å². The van der Waals surface area contributed by atoms with Gasteiger partial charge < -0.3 is 14.8 Å². The van der Waals surface area contributed by atoms with E-state index in [1.54, 1.807) is 14.2 Å². The zero-order valence-electron chi connectivity index (χ0n) is 12.7. The molecule has 0 aromatic heterocycles. The van der Waals surface area contributed by atoms with Gasteiger partial charge in [0.05, 0.1) is 6.04 Å². The number of benzene rings is 2. The zero-order chi connectivity index (χ0) is 14.8. The van der Waals surface area contributed by atoms with Gasteiger partial charge in [0.2, 0.25) is 0 Å². The fraction of sp³-hybridized carbons (Fsp3) is 0.333. The van der Waals surface area contributed by atoms with E-state index in [0.717, 1.165) is 12.1 Å². The molecule has 110 valence electrons. The molecular formula is C18H21NO2. The van der Waals surface area contributed by atoms with Crippen LogP contribution in [0.3, 0.4) is 0 Å². The summed E-state index contributed by atoms with van der Waals surface area (Å²) in [5.74, 6) is 0. The molecule has 2 aromatic rings. The van der Waals surface area contributed by atoms with E-state index in [1.807, 2.05) is 0 Å². The van der Waals surface area contributed by atoms with Crippen molar-refractivity contribution >= 4 is 5.69 Å². The van der Waals surface area contributed by atoms with Crippen LogP contribution in [0.4, 0.5) is 5.69 Å². The average molecular weight is 283 g/mol. The van der Waals surface area contributed by atoms with Crippen molar-refractivity contribution in [2.45, 2.75) is 25.7 Å². The van der Waals surface area contributed by atoms with Crippen LogP contribution in [0.5, 0.6) is 0 Å². The van der Waals surface area contributed by atoms with Crippen LogP contribution in [0.2, 0.25) is 0 Å². The van der Waals surface area contributed by atoms with Crippen LogP contribution >= 0.6 is 0 Å². The summed E-state index contributed by atoms with van der Waals surface area (Å²) in [7, 11) is 3.32. The van der Waals surface area contributed by atoms with Gasteiger partial charge in [-0.1, -0.05) is 30.3 Å². The van der Waals surface area contributed by atoms with E-state index in [2.05, 4.69) is 54.7 Å². The SMILES string of the molecule is COC(OC)C(C)Nc1ccc2c(c1)Cc1ccccc1-2. The second-order valence-electron chi connectivity index (χ2n) is 5.48. The molecule has 0 spiro atoms. The summed E-state index contributed by atoms with van der Waals surface area (Å²) in [6.07, 6.45) is 0.753. The van der Waals surface area contributed by atoms with E-state index < -0.39 is 0 Å². The molecule has 0 radical (unpaired) electrons. The van der Waals surface area contributed by atoms with Crippen LogP contribution in [0.25, 0.3) is 11.1 Å². The normalized spacial score (nSPS) is 13.9. The standard InChI is InChI=1S/C18H21NO2/c1-12(18(20-2)21-3)19-15-8-9-17-14(11-15)10-13-6-4-5-7-16(13)17/h4-9,11-12,18-19H,10H2,1-3H3. The molecule has 0 heterocycles. The first-order valence-electron chi connectivity index (χ1n) is 7.26. The van der Waals surface area contributed by atoms with Crippen molar-refractivity contribution in [3.8, 4) is 11.1 Å². The Morgan fingerprint density at radius 1 is 0.952 bits per heavy atom. The Morgan fingerprint density at radius 3 is 2.43 bits per heavy atom. The van der Waals surface area contributed by atoms with Crippen LogP contribution in [0.1, 0.15) is 18.1 Å². The first-order chi connectivity index (χ1) is 10.2. The third-order valence-corrected chi connectivity index (χ3v) is 4.06. The van der Waals surface area contributed by atoms with Gasteiger partial charge in [-0.05, 0) is 47.7 Å². The molecule has 2 aromatic carbocycles. The predicted molar refractivity (Wildman–Crippen MR) is 85.6 cm³/mol. The summed E-state index contributed by atoms with van der Waals surface area (Å²) < 4.78 is 10.6. The molecule has 3 nitrogen and oxygen atoms in total. The summed E-state index contributed by atoms with van der Waals surface area (Å²) in [5.41, 5.74) is 6.59. The molecule has 0 aliphatic heterocycles. The average Bonchev–Trinajstić information content (AvgIpc) is 2.86. The molecule has 0 fully saturated rings. The second-order valence-corrected chi connectivity index (χ2v) is 5.48. The zero-order valence-corrected chi connectivity index (χ0v) is 12.7. The number of nitrogens with one attached hydrogen (secondary N) is 1. The minimum absolute atomic E-state index is 0.0850. The fourth-order valence-corrected chi connectivity index (χ4v) is 3.07. The Hall–Kier alpha value is -1.84. The van der Waals surface area contributed by atoms with Crippen molar-refractivity contribution in [1.29, 1.82) is 0 Å². The minimum Gasteiger partial charge on any atom is -0.377 e. The topological polar surface area (TPSA) is 30.5 Å². The lowest BCUT2D eigenvalue weighted by Gasteiger charge is -2.23. The molecule has 1 unspecified atom stereocenters. The molecule has 21 heavy (non-hydrogen) atoms. The second kappa shape index (κ2) is 5.88. The molecule has 1 aliphatic carbocycles. The maximum absolute atomic E-state index is 5.29. The smallest absolute Gasteiger partial charge is 0.176 e. The van der Waals surface area contributed by atoms with E-state index in [0.29, 0.717) is 0 Å².